The second kappa shape index (κ2) is 3.43. The average Bonchev–Trinajstić information content (AvgIpc) is 2.97. The number of oxazole rings is 1. The summed E-state index contributed by atoms with van der Waals surface area (Å²) in [6, 6.07) is 17.6. The molecule has 2 aromatic carbocycles. The second-order valence-corrected chi connectivity index (χ2v) is 4.07. The molecule has 4 aromatic rings. The molecule has 86 valence electrons. The van der Waals surface area contributed by atoms with E-state index in [1.807, 2.05) is 54.6 Å². The summed E-state index contributed by atoms with van der Waals surface area (Å²) in [5, 5.41) is 4.48. The van der Waals surface area contributed by atoms with Gasteiger partial charge in [0.2, 0.25) is 0 Å². The minimum atomic E-state index is 0.523. The molecule has 2 heterocycles. The third-order valence-corrected chi connectivity index (χ3v) is 2.90. The van der Waals surface area contributed by atoms with E-state index in [0.717, 1.165) is 16.7 Å². The Bertz CT molecular complexity index is 830. The molecule has 0 aliphatic rings. The topological polar surface area (TPSA) is 43.3 Å². The molecule has 0 aliphatic carbocycles. The maximum atomic E-state index is 5.64. The molecule has 0 fully saturated rings. The number of fused-ring (bicyclic) bond motifs is 3. The van der Waals surface area contributed by atoms with E-state index in [2.05, 4.69) is 10.1 Å². The molecule has 0 N–H and O–H groups in total. The van der Waals surface area contributed by atoms with E-state index in [1.165, 1.54) is 0 Å². The van der Waals surface area contributed by atoms with Gasteiger partial charge in [-0.15, -0.1) is 5.10 Å². The van der Waals surface area contributed by atoms with Crippen molar-refractivity contribution in [2.45, 2.75) is 0 Å². The SMILES string of the molecule is c1ccc(-c2nc3oc4ccccc4n3n2)cc1. The van der Waals surface area contributed by atoms with Gasteiger partial charge < -0.3 is 4.42 Å². The van der Waals surface area contributed by atoms with Gasteiger partial charge in [-0.1, -0.05) is 42.5 Å². The smallest absolute Gasteiger partial charge is 0.326 e. The van der Waals surface area contributed by atoms with Crippen molar-refractivity contribution in [1.29, 1.82) is 0 Å². The second-order valence-electron chi connectivity index (χ2n) is 4.07. The molecule has 0 saturated heterocycles. The third-order valence-electron chi connectivity index (χ3n) is 2.90. The van der Waals surface area contributed by atoms with E-state index in [-0.39, 0.29) is 0 Å². The van der Waals surface area contributed by atoms with Gasteiger partial charge in [0.15, 0.2) is 11.4 Å². The van der Waals surface area contributed by atoms with Crippen molar-refractivity contribution in [2.75, 3.05) is 0 Å². The number of rotatable bonds is 1. The minimum Gasteiger partial charge on any atom is -0.422 e. The number of para-hydroxylation sites is 2. The maximum absolute atomic E-state index is 5.64. The van der Waals surface area contributed by atoms with E-state index in [4.69, 9.17) is 4.42 Å². The molecule has 0 aliphatic heterocycles. The van der Waals surface area contributed by atoms with Crippen LogP contribution in [0.3, 0.4) is 0 Å². The summed E-state index contributed by atoms with van der Waals surface area (Å²) in [7, 11) is 0. The molecule has 0 radical (unpaired) electrons. The van der Waals surface area contributed by atoms with Crippen LogP contribution in [-0.2, 0) is 0 Å². The van der Waals surface area contributed by atoms with Crippen molar-refractivity contribution >= 4 is 16.9 Å². The Morgan fingerprint density at radius 3 is 2.56 bits per heavy atom. The highest BCUT2D eigenvalue weighted by molar-refractivity contribution is 5.76. The first-order chi connectivity index (χ1) is 8.92. The van der Waals surface area contributed by atoms with Crippen LogP contribution < -0.4 is 0 Å². The number of hydrogen-bond acceptors (Lipinski definition) is 3. The maximum Gasteiger partial charge on any atom is 0.326 e. The van der Waals surface area contributed by atoms with Gasteiger partial charge >= 0.3 is 5.84 Å². The molecule has 0 bridgehead atoms. The number of hydrogen-bond donors (Lipinski definition) is 0. The van der Waals surface area contributed by atoms with Gasteiger partial charge in [-0.25, -0.2) is 0 Å². The van der Waals surface area contributed by atoms with Crippen LogP contribution in [-0.4, -0.2) is 14.6 Å². The van der Waals surface area contributed by atoms with Gasteiger partial charge in [0.25, 0.3) is 0 Å². The van der Waals surface area contributed by atoms with Crippen molar-refractivity contribution in [3.05, 3.63) is 54.6 Å². The largest absolute Gasteiger partial charge is 0.422 e. The minimum absolute atomic E-state index is 0.523. The van der Waals surface area contributed by atoms with Crippen LogP contribution in [0.1, 0.15) is 0 Å². The zero-order chi connectivity index (χ0) is 11.9. The van der Waals surface area contributed by atoms with Crippen LogP contribution >= 0.6 is 0 Å². The van der Waals surface area contributed by atoms with Gasteiger partial charge in [0, 0.05) is 5.56 Å². The van der Waals surface area contributed by atoms with Crippen molar-refractivity contribution in [3.63, 3.8) is 0 Å². The molecule has 0 atom stereocenters. The highest BCUT2D eigenvalue weighted by Gasteiger charge is 2.12. The Labute approximate surface area is 102 Å². The summed E-state index contributed by atoms with van der Waals surface area (Å²) < 4.78 is 7.38. The Morgan fingerprint density at radius 1 is 0.889 bits per heavy atom. The summed E-state index contributed by atoms with van der Waals surface area (Å²) in [5.74, 6) is 1.20. The molecule has 4 rings (SSSR count). The van der Waals surface area contributed by atoms with Crippen LogP contribution in [0.25, 0.3) is 28.3 Å². The van der Waals surface area contributed by atoms with E-state index in [0.29, 0.717) is 11.7 Å². The lowest BCUT2D eigenvalue weighted by Crippen LogP contribution is -1.84. The number of nitrogens with zero attached hydrogens (tertiary/aromatic N) is 3. The lowest BCUT2D eigenvalue weighted by atomic mass is 10.2. The Morgan fingerprint density at radius 2 is 1.67 bits per heavy atom. The predicted molar refractivity (Wildman–Crippen MR) is 68.2 cm³/mol. The molecule has 0 spiro atoms. The fraction of sp³-hybridized carbons (Fsp3) is 0. The van der Waals surface area contributed by atoms with Crippen molar-refractivity contribution in [2.24, 2.45) is 0 Å². The summed E-state index contributed by atoms with van der Waals surface area (Å²) in [5.41, 5.74) is 2.72. The fourth-order valence-corrected chi connectivity index (χ4v) is 2.05. The lowest BCUT2D eigenvalue weighted by molar-refractivity contribution is 0.638. The first-order valence-corrected chi connectivity index (χ1v) is 5.71. The monoisotopic (exact) mass is 235 g/mol. The molecule has 0 amide bonds. The molecule has 4 heteroatoms. The lowest BCUT2D eigenvalue weighted by Gasteiger charge is -1.92. The Kier molecular flexibility index (Phi) is 1.80. The van der Waals surface area contributed by atoms with Crippen LogP contribution in [0.5, 0.6) is 0 Å². The molecule has 18 heavy (non-hydrogen) atoms. The van der Waals surface area contributed by atoms with Crippen LogP contribution in [0.2, 0.25) is 0 Å². The van der Waals surface area contributed by atoms with Crippen molar-refractivity contribution in [3.8, 4) is 11.4 Å². The predicted octanol–water partition coefficient (Wildman–Crippen LogP) is 3.14. The van der Waals surface area contributed by atoms with Gasteiger partial charge in [0.05, 0.1) is 0 Å². The molecule has 0 saturated carbocycles. The van der Waals surface area contributed by atoms with Crippen LogP contribution in [0.15, 0.2) is 59.0 Å². The van der Waals surface area contributed by atoms with Gasteiger partial charge in [-0.2, -0.15) is 9.50 Å². The molecule has 4 nitrogen and oxygen atoms in total. The van der Waals surface area contributed by atoms with Crippen molar-refractivity contribution in [1.82, 2.24) is 14.6 Å². The summed E-state index contributed by atoms with van der Waals surface area (Å²) in [6.45, 7) is 0. The van der Waals surface area contributed by atoms with Crippen LogP contribution in [0.4, 0.5) is 0 Å². The van der Waals surface area contributed by atoms with Crippen molar-refractivity contribution < 1.29 is 4.42 Å². The molecule has 2 aromatic heterocycles. The highest BCUT2D eigenvalue weighted by atomic mass is 16.4. The Balaban J connectivity index is 2.00. The van der Waals surface area contributed by atoms with E-state index >= 15 is 0 Å². The molecular weight excluding hydrogens is 226 g/mol. The summed E-state index contributed by atoms with van der Waals surface area (Å²) >= 11 is 0. The number of aromatic nitrogens is 3. The summed E-state index contributed by atoms with van der Waals surface area (Å²) in [6.07, 6.45) is 0. The quantitative estimate of drug-likeness (QED) is 0.509. The highest BCUT2D eigenvalue weighted by Crippen LogP contribution is 2.22. The van der Waals surface area contributed by atoms with Gasteiger partial charge in [-0.3, -0.25) is 0 Å². The van der Waals surface area contributed by atoms with Gasteiger partial charge in [-0.05, 0) is 12.1 Å². The standard InChI is InChI=1S/C14H9N3O/c1-2-6-10(7-3-1)13-15-14-17(16-13)11-8-4-5-9-12(11)18-14/h1-9H. The number of benzene rings is 2. The molecule has 0 unspecified atom stereocenters. The first kappa shape index (κ1) is 9.41. The van der Waals surface area contributed by atoms with E-state index in [1.54, 1.807) is 4.52 Å². The Hall–Kier alpha value is -2.62. The average molecular weight is 235 g/mol. The normalized spacial score (nSPS) is 11.3. The summed E-state index contributed by atoms with van der Waals surface area (Å²) in [4.78, 5) is 4.41. The fourth-order valence-electron chi connectivity index (χ4n) is 2.05. The molecular formula is C14H9N3O. The van der Waals surface area contributed by atoms with Gasteiger partial charge in [0.1, 0.15) is 5.52 Å². The third kappa shape index (κ3) is 1.26. The first-order valence-electron chi connectivity index (χ1n) is 5.71. The van der Waals surface area contributed by atoms with E-state index in [9.17, 15) is 0 Å². The zero-order valence-corrected chi connectivity index (χ0v) is 9.45. The van der Waals surface area contributed by atoms with E-state index < -0.39 is 0 Å². The van der Waals surface area contributed by atoms with Crippen LogP contribution in [0, 0.1) is 0 Å². The zero-order valence-electron chi connectivity index (χ0n) is 9.45.